The number of carbonyl (C=O) groups is 2. The third-order valence-corrected chi connectivity index (χ3v) is 7.26. The van der Waals surface area contributed by atoms with Crippen molar-refractivity contribution in [1.29, 1.82) is 0 Å². The van der Waals surface area contributed by atoms with Crippen molar-refractivity contribution in [2.75, 3.05) is 30.3 Å². The Morgan fingerprint density at radius 3 is 2.67 bits per heavy atom. The Morgan fingerprint density at radius 1 is 1.27 bits per heavy atom. The van der Waals surface area contributed by atoms with Crippen molar-refractivity contribution < 1.29 is 14.3 Å². The van der Waals surface area contributed by atoms with Crippen LogP contribution in [0.2, 0.25) is 0 Å². The van der Waals surface area contributed by atoms with Gasteiger partial charge in [-0.2, -0.15) is 0 Å². The lowest BCUT2D eigenvalue weighted by Crippen LogP contribution is -2.32. The number of hydrogen-bond donors (Lipinski definition) is 0. The second kappa shape index (κ2) is 9.47. The van der Waals surface area contributed by atoms with E-state index in [1.165, 1.54) is 42.4 Å². The number of ketones is 1. The number of nitrogens with zero attached hydrogens (tertiary/aromatic N) is 5. The van der Waals surface area contributed by atoms with Gasteiger partial charge >= 0.3 is 5.97 Å². The smallest absolute Gasteiger partial charge is 0.323 e. The molecule has 1 aliphatic heterocycles. The topological polar surface area (TPSA) is 90.2 Å². The van der Waals surface area contributed by atoms with Gasteiger partial charge in [0.1, 0.15) is 5.01 Å². The van der Waals surface area contributed by atoms with Gasteiger partial charge in [0.2, 0.25) is 5.95 Å². The van der Waals surface area contributed by atoms with E-state index in [-0.39, 0.29) is 18.1 Å². The van der Waals surface area contributed by atoms with E-state index in [1.54, 1.807) is 6.92 Å². The second-order valence-corrected chi connectivity index (χ2v) is 9.53. The number of thiazole rings is 1. The summed E-state index contributed by atoms with van der Waals surface area (Å²) in [5.74, 6) is -0.667. The normalized spacial score (nSPS) is 17.7. The van der Waals surface area contributed by atoms with Crippen molar-refractivity contribution in [2.24, 2.45) is 0 Å². The van der Waals surface area contributed by atoms with Crippen LogP contribution in [0.3, 0.4) is 0 Å². The second-order valence-electron chi connectivity index (χ2n) is 7.70. The number of piperidine rings is 1. The summed E-state index contributed by atoms with van der Waals surface area (Å²) in [5.41, 5.74) is 0.796. The van der Waals surface area contributed by atoms with Crippen LogP contribution < -0.4 is 4.90 Å². The van der Waals surface area contributed by atoms with E-state index in [0.717, 1.165) is 42.7 Å². The zero-order chi connectivity index (χ0) is 21.1. The van der Waals surface area contributed by atoms with Crippen LogP contribution in [-0.2, 0) is 14.3 Å². The Kier molecular flexibility index (Phi) is 6.72. The van der Waals surface area contributed by atoms with Gasteiger partial charge in [-0.05, 0) is 46.0 Å². The predicted octanol–water partition coefficient (Wildman–Crippen LogP) is 3.38. The Bertz CT molecular complexity index is 902. The third kappa shape index (κ3) is 4.69. The molecule has 1 saturated carbocycles. The van der Waals surface area contributed by atoms with E-state index in [0.29, 0.717) is 11.0 Å². The lowest BCUT2D eigenvalue weighted by Gasteiger charge is -2.27. The van der Waals surface area contributed by atoms with Crippen LogP contribution in [0, 0.1) is 6.92 Å². The molecule has 1 atom stereocenters. The molecule has 0 radical (unpaired) electrons. The fourth-order valence-electron chi connectivity index (χ4n) is 3.65. The monoisotopic (exact) mass is 449 g/mol. The third-order valence-electron chi connectivity index (χ3n) is 5.27. The first-order chi connectivity index (χ1) is 14.6. The van der Waals surface area contributed by atoms with Crippen molar-refractivity contribution in [1.82, 2.24) is 19.7 Å². The average molecular weight is 450 g/mol. The van der Waals surface area contributed by atoms with Crippen molar-refractivity contribution >= 4 is 40.8 Å². The Morgan fingerprint density at radius 2 is 2.03 bits per heavy atom. The maximum Gasteiger partial charge on any atom is 0.323 e. The molecule has 2 aromatic heterocycles. The minimum Gasteiger partial charge on any atom is -0.465 e. The maximum absolute atomic E-state index is 13.0. The van der Waals surface area contributed by atoms with Crippen LogP contribution in [0.15, 0.2) is 10.5 Å². The zero-order valence-electron chi connectivity index (χ0n) is 17.4. The molecule has 0 amide bonds. The molecule has 0 aromatic carbocycles. The molecule has 2 aliphatic rings. The SMILES string of the molecule is CCOC(=O)[C@@H](C(=O)CSc1nnc(N2CCCCC2)n1C1CC1)c1nc(C)cs1. The molecule has 1 saturated heterocycles. The lowest BCUT2D eigenvalue weighted by molar-refractivity contribution is -0.147. The summed E-state index contributed by atoms with van der Waals surface area (Å²) in [6.45, 7) is 5.82. The number of carbonyl (C=O) groups excluding carboxylic acids is 2. The number of thioether (sulfide) groups is 1. The first kappa shape index (κ1) is 21.3. The summed E-state index contributed by atoms with van der Waals surface area (Å²) in [4.78, 5) is 32.2. The molecule has 4 rings (SSSR count). The highest BCUT2D eigenvalue weighted by Gasteiger charge is 2.35. The number of rotatable bonds is 9. The van der Waals surface area contributed by atoms with Gasteiger partial charge in [0.15, 0.2) is 16.9 Å². The minimum absolute atomic E-state index is 0.132. The van der Waals surface area contributed by atoms with Gasteiger partial charge in [-0.15, -0.1) is 21.5 Å². The van der Waals surface area contributed by atoms with Crippen molar-refractivity contribution in [3.63, 3.8) is 0 Å². The number of ether oxygens (including phenoxy) is 1. The number of anilines is 1. The highest BCUT2D eigenvalue weighted by molar-refractivity contribution is 7.99. The van der Waals surface area contributed by atoms with E-state index in [1.807, 2.05) is 12.3 Å². The van der Waals surface area contributed by atoms with Crippen molar-refractivity contribution in [2.45, 2.75) is 63.1 Å². The highest BCUT2D eigenvalue weighted by atomic mass is 32.2. The summed E-state index contributed by atoms with van der Waals surface area (Å²) in [7, 11) is 0. The number of aromatic nitrogens is 4. The van der Waals surface area contributed by atoms with E-state index >= 15 is 0 Å². The lowest BCUT2D eigenvalue weighted by atomic mass is 10.1. The molecule has 0 unspecified atom stereocenters. The van der Waals surface area contributed by atoms with Gasteiger partial charge in [-0.1, -0.05) is 11.8 Å². The molecule has 3 heterocycles. The molecule has 0 N–H and O–H groups in total. The summed E-state index contributed by atoms with van der Waals surface area (Å²) in [6, 6.07) is 0.414. The fraction of sp³-hybridized carbons (Fsp3) is 0.650. The van der Waals surface area contributed by atoms with E-state index in [4.69, 9.17) is 4.74 Å². The Labute approximate surface area is 184 Å². The number of aryl methyl sites for hydroxylation is 1. The molecule has 0 spiro atoms. The molecule has 2 aromatic rings. The molecule has 162 valence electrons. The largest absolute Gasteiger partial charge is 0.465 e. The van der Waals surface area contributed by atoms with Crippen LogP contribution in [0.25, 0.3) is 0 Å². The van der Waals surface area contributed by atoms with Gasteiger partial charge in [0.25, 0.3) is 0 Å². The molecular weight excluding hydrogens is 422 g/mol. The molecule has 10 heteroatoms. The zero-order valence-corrected chi connectivity index (χ0v) is 19.0. The molecule has 1 aliphatic carbocycles. The van der Waals surface area contributed by atoms with Crippen molar-refractivity contribution in [3.8, 4) is 0 Å². The number of Topliss-reactive ketones (excluding diaryl/α,β-unsaturated/α-hetero) is 1. The predicted molar refractivity (Wildman–Crippen MR) is 116 cm³/mol. The first-order valence-electron chi connectivity index (χ1n) is 10.5. The van der Waals surface area contributed by atoms with E-state index < -0.39 is 11.9 Å². The minimum atomic E-state index is -0.977. The van der Waals surface area contributed by atoms with E-state index in [9.17, 15) is 9.59 Å². The van der Waals surface area contributed by atoms with Crippen LogP contribution in [0.5, 0.6) is 0 Å². The molecule has 30 heavy (non-hydrogen) atoms. The molecule has 2 fully saturated rings. The van der Waals surface area contributed by atoms with Crippen LogP contribution in [0.4, 0.5) is 5.95 Å². The summed E-state index contributed by atoms with van der Waals surface area (Å²) < 4.78 is 7.34. The standard InChI is InChI=1S/C20H27N5O3S2/c1-3-28-18(27)16(17-21-13(2)11-29-17)15(26)12-30-20-23-22-19(25(20)14-7-8-14)24-9-5-4-6-10-24/h11,14,16H,3-10,12H2,1-2H3/t16-/m0/s1. The van der Waals surface area contributed by atoms with Gasteiger partial charge in [-0.3, -0.25) is 14.2 Å². The van der Waals surface area contributed by atoms with Gasteiger partial charge < -0.3 is 9.64 Å². The van der Waals surface area contributed by atoms with Crippen molar-refractivity contribution in [3.05, 3.63) is 16.1 Å². The fourth-order valence-corrected chi connectivity index (χ4v) is 5.46. The van der Waals surface area contributed by atoms with Gasteiger partial charge in [0, 0.05) is 30.2 Å². The molecule has 8 nitrogen and oxygen atoms in total. The Balaban J connectivity index is 1.49. The quantitative estimate of drug-likeness (QED) is 0.327. The average Bonchev–Trinajstić information content (AvgIpc) is 3.36. The molecular formula is C20H27N5O3S2. The maximum atomic E-state index is 13.0. The Hall–Kier alpha value is -1.94. The van der Waals surface area contributed by atoms with Crippen LogP contribution in [-0.4, -0.2) is 57.0 Å². The first-order valence-corrected chi connectivity index (χ1v) is 12.4. The van der Waals surface area contributed by atoms with Gasteiger partial charge in [-0.25, -0.2) is 4.98 Å². The molecule has 0 bridgehead atoms. The highest BCUT2D eigenvalue weighted by Crippen LogP contribution is 2.41. The van der Waals surface area contributed by atoms with Gasteiger partial charge in [0.05, 0.1) is 12.4 Å². The van der Waals surface area contributed by atoms with Crippen LogP contribution in [0.1, 0.15) is 61.7 Å². The summed E-state index contributed by atoms with van der Waals surface area (Å²) in [5, 5.41) is 11.9. The summed E-state index contributed by atoms with van der Waals surface area (Å²) in [6.07, 6.45) is 5.84. The number of hydrogen-bond acceptors (Lipinski definition) is 9. The summed E-state index contributed by atoms with van der Waals surface area (Å²) >= 11 is 2.68. The van der Waals surface area contributed by atoms with E-state index in [2.05, 4.69) is 24.6 Å². The number of esters is 1. The van der Waals surface area contributed by atoms with Crippen LogP contribution >= 0.6 is 23.1 Å².